The van der Waals surface area contributed by atoms with Gasteiger partial charge in [0, 0.05) is 37.8 Å². The van der Waals surface area contributed by atoms with Gasteiger partial charge >= 0.3 is 0 Å². The van der Waals surface area contributed by atoms with Crippen molar-refractivity contribution in [3.8, 4) is 0 Å². The highest BCUT2D eigenvalue weighted by molar-refractivity contribution is 6.00. The van der Waals surface area contributed by atoms with Crippen molar-refractivity contribution in [1.29, 1.82) is 5.41 Å². The molecule has 4 N–H and O–H groups in total. The van der Waals surface area contributed by atoms with E-state index in [9.17, 15) is 9.59 Å². The summed E-state index contributed by atoms with van der Waals surface area (Å²) < 4.78 is 1.60. The molecule has 1 saturated heterocycles. The van der Waals surface area contributed by atoms with Crippen LogP contribution in [-0.4, -0.2) is 43.8 Å². The normalized spacial score (nSPS) is 20.3. The van der Waals surface area contributed by atoms with Crippen molar-refractivity contribution in [2.75, 3.05) is 6.54 Å². The van der Waals surface area contributed by atoms with Crippen LogP contribution in [0.4, 0.5) is 0 Å². The highest BCUT2D eigenvalue weighted by Crippen LogP contribution is 2.35. The van der Waals surface area contributed by atoms with Gasteiger partial charge < -0.3 is 21.0 Å². The Morgan fingerprint density at radius 2 is 1.75 bits per heavy atom. The Hall–Kier alpha value is -3.23. The Bertz CT molecular complexity index is 1360. The lowest BCUT2D eigenvalue weighted by atomic mass is 9.82. The summed E-state index contributed by atoms with van der Waals surface area (Å²) in [6, 6.07) is 1.73. The second-order valence-corrected chi connectivity index (χ2v) is 15.9. The van der Waals surface area contributed by atoms with Crippen LogP contribution in [0.1, 0.15) is 180 Å². The summed E-state index contributed by atoms with van der Waals surface area (Å²) in [6.07, 6.45) is 22.0. The van der Waals surface area contributed by atoms with E-state index in [1.807, 2.05) is 20.0 Å². The van der Waals surface area contributed by atoms with Crippen molar-refractivity contribution in [2.45, 2.75) is 165 Å². The van der Waals surface area contributed by atoms with Crippen molar-refractivity contribution in [3.05, 3.63) is 46.8 Å². The third-order valence-corrected chi connectivity index (χ3v) is 11.2. The number of nitrogens with one attached hydrogen (secondary N) is 4. The van der Waals surface area contributed by atoms with Gasteiger partial charge in [0.15, 0.2) is 0 Å². The molecule has 2 amide bonds. The largest absolute Gasteiger partial charge is 0.356 e. The van der Waals surface area contributed by atoms with Crippen LogP contribution in [0, 0.1) is 41.9 Å². The summed E-state index contributed by atoms with van der Waals surface area (Å²) in [6.45, 7) is 20.0. The fourth-order valence-corrected chi connectivity index (χ4v) is 6.65. The quantitative estimate of drug-likeness (QED) is 0.153. The molecule has 0 spiro atoms. The van der Waals surface area contributed by atoms with Gasteiger partial charge in [0.1, 0.15) is 11.5 Å². The molecule has 5 rings (SSSR count). The number of H-pyrrole nitrogens is 1. The van der Waals surface area contributed by atoms with Crippen LogP contribution in [0.15, 0.2) is 29.6 Å². The number of nitrogens with zero attached hydrogens (tertiary/aromatic N) is 3. The van der Waals surface area contributed by atoms with E-state index in [0.717, 1.165) is 61.2 Å². The van der Waals surface area contributed by atoms with Crippen molar-refractivity contribution in [1.82, 2.24) is 30.4 Å². The van der Waals surface area contributed by atoms with Gasteiger partial charge in [-0.3, -0.25) is 14.3 Å². The van der Waals surface area contributed by atoms with Crippen molar-refractivity contribution >= 4 is 17.5 Å². The maximum absolute atomic E-state index is 12.6. The van der Waals surface area contributed by atoms with Crippen molar-refractivity contribution in [2.24, 2.45) is 36.6 Å². The zero-order chi connectivity index (χ0) is 38.6. The Morgan fingerprint density at radius 3 is 2.27 bits per heavy atom. The van der Waals surface area contributed by atoms with E-state index in [0.29, 0.717) is 29.7 Å². The van der Waals surface area contributed by atoms with Crippen molar-refractivity contribution in [3.63, 3.8) is 0 Å². The monoisotopic (exact) mass is 722 g/mol. The summed E-state index contributed by atoms with van der Waals surface area (Å²) >= 11 is 0. The molecule has 1 aliphatic heterocycles. The SMILES string of the molecule is CCC(C)=C(C)C(=N)CC1CC(C)CNC1=O.CCC(C)CCC1CC1.CCCC.Cc1ncc(C(NC(=O)c2ccnn2C)C2CCCCC2)[nH]1. The van der Waals surface area contributed by atoms with Crippen LogP contribution in [0.25, 0.3) is 0 Å². The number of aryl methyl sites for hydroxylation is 2. The first kappa shape index (κ1) is 44.9. The maximum atomic E-state index is 12.6. The fourth-order valence-electron chi connectivity index (χ4n) is 6.65. The summed E-state index contributed by atoms with van der Waals surface area (Å²) in [5, 5.41) is 18.3. The van der Waals surface area contributed by atoms with Gasteiger partial charge in [-0.2, -0.15) is 5.10 Å². The van der Waals surface area contributed by atoms with Gasteiger partial charge in [-0.15, -0.1) is 0 Å². The minimum atomic E-state index is -0.0807. The molecule has 0 bridgehead atoms. The van der Waals surface area contributed by atoms with Crippen LogP contribution >= 0.6 is 0 Å². The highest BCUT2D eigenvalue weighted by Gasteiger charge is 2.29. The van der Waals surface area contributed by atoms with Crippen molar-refractivity contribution < 1.29 is 9.59 Å². The number of aromatic amines is 1. The van der Waals surface area contributed by atoms with Gasteiger partial charge in [0.2, 0.25) is 5.91 Å². The second-order valence-electron chi connectivity index (χ2n) is 15.9. The first-order chi connectivity index (χ1) is 24.8. The molecular formula is C43H75N7O2. The van der Waals surface area contributed by atoms with Gasteiger partial charge in [0.25, 0.3) is 5.91 Å². The van der Waals surface area contributed by atoms with Crippen LogP contribution in [0.3, 0.4) is 0 Å². The molecule has 294 valence electrons. The molecule has 2 aromatic rings. The molecule has 4 atom stereocenters. The standard InChI is InChI=1S/C16H23N5O.C14H24N2O.C9H18.C4H10/c1-11-17-10-13(19-11)15(12-6-4-3-5-7-12)20-16(22)14-8-9-18-21(14)2;1-5-10(3)11(4)13(15)7-12-6-9(2)8-16-14(12)17;1-3-8(2)4-5-9-6-7-9;1-3-4-2/h8-10,12,15H,3-7H2,1-2H3,(H,17,19)(H,20,22);9,12,15H,5-8H2,1-4H3,(H,16,17);8-9H,3-7H2,1-2H3;3-4H2,1-2H3. The summed E-state index contributed by atoms with van der Waals surface area (Å²) in [5.41, 5.74) is 4.51. The van der Waals surface area contributed by atoms with Crippen LogP contribution in [0.2, 0.25) is 0 Å². The molecule has 3 aliphatic rings. The zero-order valence-electron chi connectivity index (χ0n) is 34.7. The number of piperidine rings is 1. The van der Waals surface area contributed by atoms with Gasteiger partial charge in [-0.05, 0) is 81.8 Å². The third-order valence-electron chi connectivity index (χ3n) is 11.2. The van der Waals surface area contributed by atoms with Crippen LogP contribution < -0.4 is 10.6 Å². The number of carbonyl (C=O) groups excluding carboxylic acids is 2. The predicted molar refractivity (Wildman–Crippen MR) is 217 cm³/mol. The molecular weight excluding hydrogens is 647 g/mol. The van der Waals surface area contributed by atoms with Gasteiger partial charge in [-0.25, -0.2) is 4.98 Å². The molecule has 52 heavy (non-hydrogen) atoms. The van der Waals surface area contributed by atoms with E-state index in [1.165, 1.54) is 69.8 Å². The highest BCUT2D eigenvalue weighted by atomic mass is 16.2. The van der Waals surface area contributed by atoms with E-state index in [2.05, 4.69) is 74.2 Å². The average molecular weight is 722 g/mol. The van der Waals surface area contributed by atoms with Gasteiger partial charge in [-0.1, -0.05) is 111 Å². The first-order valence-corrected chi connectivity index (χ1v) is 20.7. The van der Waals surface area contributed by atoms with E-state index >= 15 is 0 Å². The number of rotatable bonds is 13. The Morgan fingerprint density at radius 1 is 1.08 bits per heavy atom. The molecule has 2 aliphatic carbocycles. The number of carbonyl (C=O) groups is 2. The number of hydrogen-bond acceptors (Lipinski definition) is 5. The molecule has 9 nitrogen and oxygen atoms in total. The minimum absolute atomic E-state index is 0.00847. The molecule has 3 fully saturated rings. The molecule has 4 unspecified atom stereocenters. The van der Waals surface area contributed by atoms with E-state index in [4.69, 9.17) is 5.41 Å². The summed E-state index contributed by atoms with van der Waals surface area (Å²) in [7, 11) is 1.78. The number of allylic oxidation sites excluding steroid dienone is 2. The lowest BCUT2D eigenvalue weighted by Crippen LogP contribution is -2.41. The minimum Gasteiger partial charge on any atom is -0.356 e. The molecule has 2 saturated carbocycles. The van der Waals surface area contributed by atoms with E-state index < -0.39 is 0 Å². The molecule has 3 heterocycles. The number of aromatic nitrogens is 4. The number of hydrogen-bond donors (Lipinski definition) is 4. The number of amides is 2. The summed E-state index contributed by atoms with van der Waals surface area (Å²) in [4.78, 5) is 31.9. The van der Waals surface area contributed by atoms with Crippen LogP contribution in [-0.2, 0) is 11.8 Å². The zero-order valence-corrected chi connectivity index (χ0v) is 34.7. The molecule has 9 heteroatoms. The molecule has 0 radical (unpaired) electrons. The average Bonchev–Trinajstić information content (AvgIpc) is 3.73. The van der Waals surface area contributed by atoms with E-state index in [1.54, 1.807) is 24.0 Å². The lowest BCUT2D eigenvalue weighted by Gasteiger charge is -2.30. The second kappa shape index (κ2) is 24.2. The first-order valence-electron chi connectivity index (χ1n) is 20.7. The molecule has 2 aromatic heterocycles. The van der Waals surface area contributed by atoms with Gasteiger partial charge in [0.05, 0.1) is 17.9 Å². The predicted octanol–water partition coefficient (Wildman–Crippen LogP) is 10.4. The smallest absolute Gasteiger partial charge is 0.270 e. The number of imidazole rings is 1. The lowest BCUT2D eigenvalue weighted by molar-refractivity contribution is -0.127. The van der Waals surface area contributed by atoms with Crippen LogP contribution in [0.5, 0.6) is 0 Å². The third kappa shape index (κ3) is 16.2. The topological polar surface area (TPSA) is 129 Å². The Kier molecular flexibility index (Phi) is 20.9. The Balaban J connectivity index is 0.000000275. The fraction of sp³-hybridized carbons (Fsp3) is 0.744. The Labute approximate surface area is 316 Å². The maximum Gasteiger partial charge on any atom is 0.270 e. The van der Waals surface area contributed by atoms with E-state index in [-0.39, 0.29) is 23.8 Å². The molecule has 0 aromatic carbocycles. The summed E-state index contributed by atoms with van der Waals surface area (Å²) in [5.74, 6) is 4.02. The number of unbranched alkanes of at least 4 members (excludes halogenated alkanes) is 1.